The van der Waals surface area contributed by atoms with Crippen LogP contribution in [-0.4, -0.2) is 80.5 Å². The Bertz CT molecular complexity index is 2120. The number of carbonyl (C=O) groups is 3. The average molecular weight is 856 g/mol. The summed E-state index contributed by atoms with van der Waals surface area (Å²) in [5.41, 5.74) is -0.302. The molecule has 0 saturated heterocycles. The molecule has 4 heterocycles. The second-order valence-corrected chi connectivity index (χ2v) is 14.8. The molecule has 0 fully saturated rings. The molecule has 5 bridgehead atoms. The zero-order valence-corrected chi connectivity index (χ0v) is 34.9. The van der Waals surface area contributed by atoms with Crippen LogP contribution in [0.2, 0.25) is 0 Å². The van der Waals surface area contributed by atoms with Gasteiger partial charge >= 0.3 is 11.8 Å². The summed E-state index contributed by atoms with van der Waals surface area (Å²) in [6, 6.07) is 5.03. The number of pyridine rings is 1. The summed E-state index contributed by atoms with van der Waals surface area (Å²) < 4.78 is 25.0. The Hall–Kier alpha value is -4.96. The maximum Gasteiger partial charge on any atom is 0.312 e. The number of allylic oxidation sites excluding steroid dienone is 2. The number of benzene rings is 2. The Balaban J connectivity index is 0.00000720. The summed E-state index contributed by atoms with van der Waals surface area (Å²) >= 11 is 0. The minimum atomic E-state index is -2.04. The second kappa shape index (κ2) is 17.7. The van der Waals surface area contributed by atoms with Crippen molar-refractivity contribution in [1.29, 1.82) is 0 Å². The fourth-order valence-electron chi connectivity index (χ4n) is 7.51. The molecule has 6 N–H and O–H groups in total. The van der Waals surface area contributed by atoms with Gasteiger partial charge in [-0.1, -0.05) is 52.0 Å². The number of nitrogens with zero attached hydrogens (tertiary/aromatic N) is 1. The van der Waals surface area contributed by atoms with E-state index in [9.17, 15) is 39.9 Å². The van der Waals surface area contributed by atoms with Crippen molar-refractivity contribution in [2.75, 3.05) is 12.4 Å². The number of aliphatic hydroxyl groups is 2. The van der Waals surface area contributed by atoms with Crippen LogP contribution in [-0.2, 0) is 23.8 Å². The van der Waals surface area contributed by atoms with Gasteiger partial charge in [0, 0.05) is 67.9 Å². The van der Waals surface area contributed by atoms with Crippen molar-refractivity contribution in [1.82, 2.24) is 0 Å². The average Bonchev–Trinajstić information content (AvgIpc) is 3.43. The molecule has 9 atom stereocenters. The van der Waals surface area contributed by atoms with Crippen LogP contribution in [0, 0.1) is 30.6 Å². The van der Waals surface area contributed by atoms with E-state index in [0.717, 1.165) is 0 Å². The number of phenolic OH excluding ortho intramolecular Hbond substituents is 3. The minimum Gasteiger partial charge on any atom is -1.00 e. The number of halogens is 1. The fraction of sp³-hybridized carbons (Fsp3) is 0.429. The van der Waals surface area contributed by atoms with Gasteiger partial charge in [-0.25, -0.2) is 0 Å². The molecule has 9 unspecified atom stereocenters. The van der Waals surface area contributed by atoms with Crippen molar-refractivity contribution >= 4 is 34.1 Å². The molecule has 0 spiro atoms. The third-order valence-electron chi connectivity index (χ3n) is 10.9. The molecule has 57 heavy (non-hydrogen) atoms. The number of aliphatic hydroxyl groups excluding tert-OH is 2. The van der Waals surface area contributed by atoms with Crippen molar-refractivity contribution in [3.63, 3.8) is 0 Å². The number of phenols is 3. The third-order valence-corrected chi connectivity index (χ3v) is 10.9. The number of hydrogen-bond donors (Lipinski definition) is 6. The molecule has 0 radical (unpaired) electrons. The van der Waals surface area contributed by atoms with Crippen LogP contribution in [0.1, 0.15) is 64.4 Å². The van der Waals surface area contributed by atoms with Crippen LogP contribution in [0.3, 0.4) is 0 Å². The van der Waals surface area contributed by atoms with Crippen molar-refractivity contribution in [3.05, 3.63) is 77.9 Å². The smallest absolute Gasteiger partial charge is 0.312 e. The van der Waals surface area contributed by atoms with Gasteiger partial charge in [-0.3, -0.25) is 14.4 Å². The van der Waals surface area contributed by atoms with Gasteiger partial charge in [-0.2, -0.15) is 4.57 Å². The first-order chi connectivity index (χ1) is 26.4. The highest BCUT2D eigenvalue weighted by Gasteiger charge is 2.50. The second-order valence-electron chi connectivity index (χ2n) is 14.8. The van der Waals surface area contributed by atoms with Gasteiger partial charge in [0.25, 0.3) is 17.4 Å². The Morgan fingerprint density at radius 3 is 2.16 bits per heavy atom. The number of hydrogen-bond acceptors (Lipinski definition) is 12. The molecule has 15 heteroatoms. The SMILES string of the molecule is COC1/C=C/OC2(C)Oc3c(C)c(O)c4c(O)c(c(-[n+]5ccccc5)c(O)c4c3C2=O)NC(=O)/C(C)=C\C=C\C(C)C(O)C(C)C(O)C(C)C(OC(C)=O)C1C.[Br-]. The molecule has 0 saturated carbocycles. The number of Topliss-reactive ketones (excluding diaryl/α,β-unsaturated/α-hetero) is 1. The Morgan fingerprint density at radius 1 is 0.895 bits per heavy atom. The lowest BCUT2D eigenvalue weighted by Crippen LogP contribution is -3.00. The summed E-state index contributed by atoms with van der Waals surface area (Å²) in [6.45, 7) is 12.5. The molecular formula is C42H51BrN2O12. The molecule has 3 aliphatic heterocycles. The van der Waals surface area contributed by atoms with E-state index in [0.29, 0.717) is 0 Å². The van der Waals surface area contributed by atoms with E-state index >= 15 is 0 Å². The summed E-state index contributed by atoms with van der Waals surface area (Å²) in [5.74, 6) is -8.30. The molecule has 1 aromatic heterocycles. The van der Waals surface area contributed by atoms with Gasteiger partial charge < -0.3 is 66.8 Å². The summed E-state index contributed by atoms with van der Waals surface area (Å²) in [4.78, 5) is 40.3. The highest BCUT2D eigenvalue weighted by Crippen LogP contribution is 2.55. The number of methoxy groups -OCH3 is 1. The Morgan fingerprint density at radius 2 is 1.54 bits per heavy atom. The predicted molar refractivity (Wildman–Crippen MR) is 205 cm³/mol. The fourth-order valence-corrected chi connectivity index (χ4v) is 7.51. The predicted octanol–water partition coefficient (Wildman–Crippen LogP) is 2.03. The van der Waals surface area contributed by atoms with Crippen LogP contribution in [0.15, 0.2) is 66.7 Å². The van der Waals surface area contributed by atoms with Crippen LogP contribution in [0.5, 0.6) is 23.0 Å². The topological polar surface area (TPSA) is 205 Å². The molecule has 1 amide bonds. The first kappa shape index (κ1) is 44.8. The van der Waals surface area contributed by atoms with Crippen molar-refractivity contribution in [2.24, 2.45) is 23.7 Å². The van der Waals surface area contributed by atoms with Crippen LogP contribution in [0.25, 0.3) is 16.5 Å². The normalized spacial score (nSPS) is 30.3. The minimum absolute atomic E-state index is 0. The Kier molecular flexibility index (Phi) is 13.9. The van der Waals surface area contributed by atoms with Crippen LogP contribution < -0.4 is 31.6 Å². The lowest BCUT2D eigenvalue weighted by Gasteiger charge is -2.38. The number of rotatable bonds is 3. The number of aromatic hydroxyl groups is 3. The van der Waals surface area contributed by atoms with E-state index in [2.05, 4.69) is 5.32 Å². The lowest BCUT2D eigenvalue weighted by atomic mass is 9.78. The number of ketones is 1. The first-order valence-corrected chi connectivity index (χ1v) is 18.4. The largest absolute Gasteiger partial charge is 1.00 e. The number of ether oxygens (including phenoxy) is 4. The van der Waals surface area contributed by atoms with Gasteiger partial charge in [0.1, 0.15) is 17.6 Å². The number of aromatic nitrogens is 1. The van der Waals surface area contributed by atoms with E-state index in [1.807, 2.05) is 0 Å². The van der Waals surface area contributed by atoms with Gasteiger partial charge in [0.05, 0.1) is 40.9 Å². The summed E-state index contributed by atoms with van der Waals surface area (Å²) in [6.07, 6.45) is 6.69. The van der Waals surface area contributed by atoms with E-state index in [-0.39, 0.29) is 61.6 Å². The maximum absolute atomic E-state index is 14.4. The Labute approximate surface area is 341 Å². The molecule has 14 nitrogen and oxygen atoms in total. The number of esters is 1. The standard InChI is InChI=1S/C42H50N2O12.BrH/c1-20-14-13-15-21(2)41(52)43-31-32(44-17-11-10-12-18-44)37(50)28-29(36(31)49)35(48)25(6)39-30(28)40(51)42(8,56-39)54-19-16-27(53-9)22(3)38(55-26(7)45)24(5)34(47)23(4)33(20)46;/h10-20,22-24,27,33-34,38,46-47H,1-9H3,(H3-,43,48,49,50,51,52);1H/b14-13+,19-16+,21-15-;. The lowest BCUT2D eigenvalue weighted by molar-refractivity contribution is -0.595. The molecule has 6 rings (SSSR count). The number of nitrogens with one attached hydrogen (secondary N) is 1. The molecule has 3 aliphatic rings. The first-order valence-electron chi connectivity index (χ1n) is 18.4. The molecule has 0 aliphatic carbocycles. The van der Waals surface area contributed by atoms with Crippen molar-refractivity contribution in [3.8, 4) is 28.7 Å². The molecule has 2 aromatic carbocycles. The summed E-state index contributed by atoms with van der Waals surface area (Å²) in [7, 11) is 1.43. The van der Waals surface area contributed by atoms with Gasteiger partial charge in [0.2, 0.25) is 0 Å². The number of fused-ring (bicyclic) bond motifs is 14. The van der Waals surface area contributed by atoms with E-state index in [1.54, 1.807) is 70.4 Å². The summed E-state index contributed by atoms with van der Waals surface area (Å²) in [5, 5.41) is 60.4. The number of carbonyl (C=O) groups excluding carboxylic acids is 3. The van der Waals surface area contributed by atoms with E-state index in [1.165, 1.54) is 57.8 Å². The van der Waals surface area contributed by atoms with Gasteiger partial charge in [-0.05, 0) is 19.9 Å². The third kappa shape index (κ3) is 8.38. The van der Waals surface area contributed by atoms with Crippen LogP contribution >= 0.6 is 0 Å². The molecule has 308 valence electrons. The van der Waals surface area contributed by atoms with Crippen molar-refractivity contribution in [2.45, 2.75) is 85.6 Å². The molecular weight excluding hydrogens is 804 g/mol. The van der Waals surface area contributed by atoms with Gasteiger partial charge in [-0.15, -0.1) is 0 Å². The maximum atomic E-state index is 14.4. The zero-order chi connectivity index (χ0) is 41.4. The van der Waals surface area contributed by atoms with Crippen LogP contribution in [0.4, 0.5) is 5.69 Å². The highest BCUT2D eigenvalue weighted by atomic mass is 79.9. The van der Waals surface area contributed by atoms with E-state index < -0.39 is 88.8 Å². The quantitative estimate of drug-likeness (QED) is 0.0970. The monoisotopic (exact) mass is 854 g/mol. The van der Waals surface area contributed by atoms with Crippen molar-refractivity contribution < 1.29 is 80.4 Å². The zero-order valence-electron chi connectivity index (χ0n) is 33.3. The number of amides is 1. The molecule has 3 aromatic rings. The van der Waals surface area contributed by atoms with E-state index in [4.69, 9.17) is 18.9 Å². The van der Waals surface area contributed by atoms with Gasteiger partial charge in [0.15, 0.2) is 29.6 Å². The highest BCUT2D eigenvalue weighted by molar-refractivity contribution is 6.22. The number of anilines is 1.